The molecule has 0 heterocycles. The Kier molecular flexibility index (Phi) is 5.55. The van der Waals surface area contributed by atoms with Gasteiger partial charge in [-0.2, -0.15) is 0 Å². The van der Waals surface area contributed by atoms with Gasteiger partial charge in [0, 0.05) is 16.8 Å². The van der Waals surface area contributed by atoms with Crippen LogP contribution in [0, 0.1) is 0 Å². The lowest BCUT2D eigenvalue weighted by atomic mass is 9.82. The van der Waals surface area contributed by atoms with Crippen molar-refractivity contribution >= 4 is 32.9 Å². The van der Waals surface area contributed by atoms with E-state index in [4.69, 9.17) is 0 Å². The van der Waals surface area contributed by atoms with Gasteiger partial charge in [-0.1, -0.05) is 135 Å². The van der Waals surface area contributed by atoms with Gasteiger partial charge in [0.25, 0.3) is 0 Å². The van der Waals surface area contributed by atoms with Crippen LogP contribution in [-0.4, -0.2) is 0 Å². The summed E-state index contributed by atoms with van der Waals surface area (Å²) in [6, 6.07) is 53.0. The molecule has 200 valence electrons. The summed E-state index contributed by atoms with van der Waals surface area (Å²) in [5.41, 5.74) is 12.7. The second-order valence-electron chi connectivity index (χ2n) is 11.9. The van der Waals surface area contributed by atoms with Crippen LogP contribution in [0.3, 0.4) is 0 Å². The first-order valence-corrected chi connectivity index (χ1v) is 14.7. The third-order valence-corrected chi connectivity index (χ3v) is 9.07. The molecule has 0 bridgehead atoms. The van der Waals surface area contributed by atoms with E-state index in [1.807, 2.05) is 0 Å². The maximum atomic E-state index is 3.66. The Balaban J connectivity index is 1.13. The molecule has 0 fully saturated rings. The Bertz CT molecular complexity index is 2130. The molecule has 1 aliphatic rings. The van der Waals surface area contributed by atoms with Crippen LogP contribution >= 0.6 is 0 Å². The fourth-order valence-corrected chi connectivity index (χ4v) is 6.94. The molecule has 0 unspecified atom stereocenters. The molecular weight excluding hydrogens is 506 g/mol. The van der Waals surface area contributed by atoms with Crippen molar-refractivity contribution in [2.45, 2.75) is 19.3 Å². The fraction of sp³-hybridized carbons (Fsp3) is 0.0732. The summed E-state index contributed by atoms with van der Waals surface area (Å²) in [6.07, 6.45) is 0. The van der Waals surface area contributed by atoms with Crippen molar-refractivity contribution in [1.29, 1.82) is 0 Å². The molecule has 0 saturated carbocycles. The van der Waals surface area contributed by atoms with Crippen molar-refractivity contribution in [1.82, 2.24) is 0 Å². The van der Waals surface area contributed by atoms with E-state index in [0.717, 1.165) is 11.4 Å². The average molecular weight is 538 g/mol. The van der Waals surface area contributed by atoms with Crippen molar-refractivity contribution in [3.05, 3.63) is 157 Å². The summed E-state index contributed by atoms with van der Waals surface area (Å²) in [7, 11) is 0. The molecule has 0 atom stereocenters. The minimum atomic E-state index is -0.00721. The topological polar surface area (TPSA) is 12.0 Å². The van der Waals surface area contributed by atoms with Gasteiger partial charge in [-0.05, 0) is 90.3 Å². The van der Waals surface area contributed by atoms with Crippen LogP contribution in [0.2, 0.25) is 0 Å². The van der Waals surface area contributed by atoms with Crippen molar-refractivity contribution in [3.63, 3.8) is 0 Å². The quantitative estimate of drug-likeness (QED) is 0.235. The van der Waals surface area contributed by atoms with E-state index in [-0.39, 0.29) is 5.41 Å². The van der Waals surface area contributed by atoms with Crippen LogP contribution in [0.1, 0.15) is 25.0 Å². The fourth-order valence-electron chi connectivity index (χ4n) is 6.94. The first kappa shape index (κ1) is 24.6. The minimum absolute atomic E-state index is 0.00721. The highest BCUT2D eigenvalue weighted by Crippen LogP contribution is 2.49. The maximum Gasteiger partial charge on any atom is 0.0387 e. The van der Waals surface area contributed by atoms with Gasteiger partial charge in [0.1, 0.15) is 0 Å². The highest BCUT2D eigenvalue weighted by molar-refractivity contribution is 6.09. The minimum Gasteiger partial charge on any atom is -0.356 e. The highest BCUT2D eigenvalue weighted by atomic mass is 14.9. The van der Waals surface area contributed by atoms with Gasteiger partial charge in [-0.15, -0.1) is 0 Å². The summed E-state index contributed by atoms with van der Waals surface area (Å²) in [4.78, 5) is 0. The molecule has 1 aliphatic carbocycles. The predicted octanol–water partition coefficient (Wildman–Crippen LogP) is 11.4. The lowest BCUT2D eigenvalue weighted by Gasteiger charge is -2.22. The molecule has 0 radical (unpaired) electrons. The van der Waals surface area contributed by atoms with Crippen LogP contribution in [0.15, 0.2) is 146 Å². The zero-order valence-electron chi connectivity index (χ0n) is 23.9. The van der Waals surface area contributed by atoms with Crippen molar-refractivity contribution in [3.8, 4) is 33.4 Å². The summed E-state index contributed by atoms with van der Waals surface area (Å²) < 4.78 is 0. The van der Waals surface area contributed by atoms with E-state index in [1.54, 1.807) is 0 Å². The molecule has 1 nitrogen and oxygen atoms in total. The summed E-state index contributed by atoms with van der Waals surface area (Å²) in [6.45, 7) is 4.65. The molecule has 8 rings (SSSR count). The van der Waals surface area contributed by atoms with E-state index in [2.05, 4.69) is 165 Å². The molecule has 0 amide bonds. The standard InChI is InChI=1S/C41H31N/c1-41(2)39-19-6-5-13-37(39)38-25-24-30(26-40(38)41)42-29-22-20-28(21-23-29)32-14-8-17-35-34(32)16-9-18-36(35)33-15-7-11-27-10-3-4-12-31(27)33/h3-26,42H,1-2H3. The number of anilines is 2. The summed E-state index contributed by atoms with van der Waals surface area (Å²) >= 11 is 0. The third-order valence-electron chi connectivity index (χ3n) is 9.07. The van der Waals surface area contributed by atoms with Gasteiger partial charge in [-0.3, -0.25) is 0 Å². The molecule has 42 heavy (non-hydrogen) atoms. The first-order chi connectivity index (χ1) is 20.6. The zero-order valence-corrected chi connectivity index (χ0v) is 23.9. The Morgan fingerprint density at radius 1 is 0.405 bits per heavy atom. The average Bonchev–Trinajstić information content (AvgIpc) is 3.26. The Morgan fingerprint density at radius 3 is 1.79 bits per heavy atom. The van der Waals surface area contributed by atoms with E-state index >= 15 is 0 Å². The second-order valence-corrected chi connectivity index (χ2v) is 11.9. The van der Waals surface area contributed by atoms with Gasteiger partial charge < -0.3 is 5.32 Å². The normalized spacial score (nSPS) is 13.2. The van der Waals surface area contributed by atoms with Crippen molar-refractivity contribution < 1.29 is 0 Å². The summed E-state index contributed by atoms with van der Waals surface area (Å²) in [5, 5.41) is 8.75. The number of hydrogen-bond acceptors (Lipinski definition) is 1. The molecule has 7 aromatic carbocycles. The van der Waals surface area contributed by atoms with E-state index in [9.17, 15) is 0 Å². The predicted molar refractivity (Wildman–Crippen MR) is 180 cm³/mol. The number of benzene rings is 7. The van der Waals surface area contributed by atoms with E-state index in [0.29, 0.717) is 0 Å². The van der Waals surface area contributed by atoms with E-state index < -0.39 is 0 Å². The highest BCUT2D eigenvalue weighted by Gasteiger charge is 2.35. The van der Waals surface area contributed by atoms with Gasteiger partial charge >= 0.3 is 0 Å². The summed E-state index contributed by atoms with van der Waals surface area (Å²) in [5.74, 6) is 0. The smallest absolute Gasteiger partial charge is 0.0387 e. The lowest BCUT2D eigenvalue weighted by molar-refractivity contribution is 0.660. The molecule has 0 aromatic heterocycles. The second kappa shape index (κ2) is 9.46. The third kappa shape index (κ3) is 3.85. The molecular formula is C41H31N. The monoisotopic (exact) mass is 537 g/mol. The number of nitrogens with one attached hydrogen (secondary N) is 1. The molecule has 1 N–H and O–H groups in total. The van der Waals surface area contributed by atoms with Gasteiger partial charge in [0.05, 0.1) is 0 Å². The van der Waals surface area contributed by atoms with Crippen molar-refractivity contribution in [2.75, 3.05) is 5.32 Å². The zero-order chi connectivity index (χ0) is 28.3. The Labute approximate surface area is 247 Å². The Hall–Kier alpha value is -5.14. The molecule has 0 spiro atoms. The largest absolute Gasteiger partial charge is 0.356 e. The van der Waals surface area contributed by atoms with Crippen molar-refractivity contribution in [2.24, 2.45) is 0 Å². The van der Waals surface area contributed by atoms with Crippen LogP contribution in [0.25, 0.3) is 54.9 Å². The molecule has 0 aliphatic heterocycles. The maximum absolute atomic E-state index is 3.66. The van der Waals surface area contributed by atoms with Crippen LogP contribution in [0.5, 0.6) is 0 Å². The lowest BCUT2D eigenvalue weighted by Crippen LogP contribution is -2.15. The van der Waals surface area contributed by atoms with Gasteiger partial charge in [0.2, 0.25) is 0 Å². The van der Waals surface area contributed by atoms with Crippen LogP contribution in [-0.2, 0) is 5.41 Å². The molecule has 0 saturated heterocycles. The first-order valence-electron chi connectivity index (χ1n) is 14.7. The number of rotatable bonds is 4. The molecule has 1 heteroatoms. The van der Waals surface area contributed by atoms with Crippen LogP contribution in [0.4, 0.5) is 11.4 Å². The van der Waals surface area contributed by atoms with Crippen LogP contribution < -0.4 is 5.32 Å². The Morgan fingerprint density at radius 2 is 0.952 bits per heavy atom. The number of fused-ring (bicyclic) bond motifs is 5. The van der Waals surface area contributed by atoms with E-state index in [1.165, 1.54) is 66.1 Å². The SMILES string of the molecule is CC1(C)c2ccccc2-c2ccc(Nc3ccc(-c4cccc5c(-c6cccc7ccccc67)cccc45)cc3)cc21. The van der Waals surface area contributed by atoms with Gasteiger partial charge in [-0.25, -0.2) is 0 Å². The molecule has 7 aromatic rings. The number of hydrogen-bond donors (Lipinski definition) is 1. The van der Waals surface area contributed by atoms with Gasteiger partial charge in [0.15, 0.2) is 0 Å².